The molecule has 5 heteroatoms. The number of nitrogens with zero attached hydrogens (tertiary/aromatic N) is 2. The topological polar surface area (TPSA) is 76.0 Å². The third kappa shape index (κ3) is 1.32. The van der Waals surface area contributed by atoms with Crippen LogP contribution in [-0.2, 0) is 4.79 Å². The average Bonchev–Trinajstić information content (AvgIpc) is 1.88. The molecule has 1 aliphatic heterocycles. The quantitative estimate of drug-likeness (QED) is 0.548. The van der Waals surface area contributed by atoms with Crippen molar-refractivity contribution in [1.82, 2.24) is 5.06 Å². The largest absolute Gasteiger partial charge is 0.757 e. The Morgan fingerprint density at radius 3 is 3.00 bits per heavy atom. The predicted molar refractivity (Wildman–Crippen MR) is 34.3 cm³/mol. The van der Waals surface area contributed by atoms with Crippen molar-refractivity contribution in [2.24, 2.45) is 4.99 Å². The molecule has 1 rings (SSSR count). The van der Waals surface area contributed by atoms with Crippen LogP contribution in [0.3, 0.4) is 0 Å². The van der Waals surface area contributed by atoms with Gasteiger partial charge in [0, 0.05) is 6.54 Å². The van der Waals surface area contributed by atoms with Crippen molar-refractivity contribution < 1.29 is 9.90 Å². The fraction of sp³-hybridized carbons (Fsp3) is 0.200. The van der Waals surface area contributed by atoms with Crippen LogP contribution in [0.4, 0.5) is 0 Å². The molecule has 0 spiro atoms. The number of hydrogen-bond acceptors (Lipinski definition) is 4. The molecule has 1 N–H and O–H groups in total. The van der Waals surface area contributed by atoms with Crippen LogP contribution in [0.1, 0.15) is 0 Å². The molecule has 0 radical (unpaired) electrons. The summed E-state index contributed by atoms with van der Waals surface area (Å²) >= 11 is 0. The molecule has 5 nitrogen and oxygen atoms in total. The molecule has 1 heterocycles. The monoisotopic (exact) mass is 141 g/mol. The Hall–Kier alpha value is -1.36. The summed E-state index contributed by atoms with van der Waals surface area (Å²) in [6.07, 6.45) is 2.21. The zero-order valence-corrected chi connectivity index (χ0v) is 5.02. The van der Waals surface area contributed by atoms with E-state index in [0.717, 1.165) is 6.34 Å². The molecule has 10 heavy (non-hydrogen) atoms. The Labute approximate surface area is 56.9 Å². The van der Waals surface area contributed by atoms with Crippen molar-refractivity contribution in [2.45, 2.75) is 0 Å². The van der Waals surface area contributed by atoms with E-state index < -0.39 is 5.97 Å². The van der Waals surface area contributed by atoms with Gasteiger partial charge in [0.1, 0.15) is 5.70 Å². The standard InChI is InChI=1S/C5H5N2O3/c8-5(9)4-1-2-7(10)3-6-4/h1,3H,2H2,(H,8,9)/q-1. The molecule has 0 bridgehead atoms. The number of rotatable bonds is 1. The summed E-state index contributed by atoms with van der Waals surface area (Å²) in [5, 5.41) is 19.2. The number of hydroxylamine groups is 2. The van der Waals surface area contributed by atoms with Crippen LogP contribution in [0.2, 0.25) is 0 Å². The molecule has 0 unspecified atom stereocenters. The highest BCUT2D eigenvalue weighted by Crippen LogP contribution is 2.01. The van der Waals surface area contributed by atoms with Crippen molar-refractivity contribution >= 4 is 12.3 Å². The highest BCUT2D eigenvalue weighted by Gasteiger charge is 2.06. The molecule has 0 fully saturated rings. The summed E-state index contributed by atoms with van der Waals surface area (Å²) < 4.78 is 0. The number of aliphatic carboxylic acids is 1. The van der Waals surface area contributed by atoms with E-state index in [9.17, 15) is 10.0 Å². The smallest absolute Gasteiger partial charge is 0.354 e. The van der Waals surface area contributed by atoms with Crippen molar-refractivity contribution in [2.75, 3.05) is 6.54 Å². The maximum atomic E-state index is 10.4. The van der Waals surface area contributed by atoms with Gasteiger partial charge in [0.05, 0.1) is 6.34 Å². The third-order valence-electron chi connectivity index (χ3n) is 1.01. The Kier molecular flexibility index (Phi) is 1.68. The number of carboxylic acids is 1. The van der Waals surface area contributed by atoms with E-state index in [1.807, 2.05) is 0 Å². The summed E-state index contributed by atoms with van der Waals surface area (Å²) in [4.78, 5) is 13.5. The first-order valence-electron chi connectivity index (χ1n) is 2.61. The van der Waals surface area contributed by atoms with Gasteiger partial charge in [-0.15, -0.1) is 0 Å². The van der Waals surface area contributed by atoms with Crippen LogP contribution < -0.4 is 0 Å². The second-order valence-electron chi connectivity index (χ2n) is 1.74. The van der Waals surface area contributed by atoms with Crippen LogP contribution >= 0.6 is 0 Å². The van der Waals surface area contributed by atoms with E-state index in [1.54, 1.807) is 0 Å². The second kappa shape index (κ2) is 2.49. The molecular formula is C5H5N2O3-. The minimum Gasteiger partial charge on any atom is -0.757 e. The first-order valence-corrected chi connectivity index (χ1v) is 2.61. The number of carboxylic acid groups (broad SMARTS) is 1. The van der Waals surface area contributed by atoms with Crippen molar-refractivity contribution in [3.05, 3.63) is 17.0 Å². The first kappa shape index (κ1) is 6.76. The highest BCUT2D eigenvalue weighted by atomic mass is 16.5. The second-order valence-corrected chi connectivity index (χ2v) is 1.74. The van der Waals surface area contributed by atoms with Crippen LogP contribution in [0.25, 0.3) is 0 Å². The van der Waals surface area contributed by atoms with Crippen LogP contribution in [0, 0.1) is 5.21 Å². The maximum Gasteiger partial charge on any atom is 0.354 e. The normalized spacial score (nSPS) is 16.9. The van der Waals surface area contributed by atoms with Crippen LogP contribution in [-0.4, -0.2) is 29.0 Å². The lowest BCUT2D eigenvalue weighted by molar-refractivity contribution is -0.132. The SMILES string of the molecule is O=C(O)C1=CCN([O-])C=N1. The summed E-state index contributed by atoms with van der Waals surface area (Å²) in [5.41, 5.74) is -0.0768. The Bertz CT molecular complexity index is 209. The molecule has 54 valence electrons. The number of hydrogen-bond donors (Lipinski definition) is 1. The minimum absolute atomic E-state index is 0.0606. The van der Waals surface area contributed by atoms with Gasteiger partial charge in [0.25, 0.3) is 0 Å². The molecular weight excluding hydrogens is 136 g/mol. The first-order chi connectivity index (χ1) is 4.70. The molecule has 0 saturated carbocycles. The summed E-state index contributed by atoms with van der Waals surface area (Å²) in [6, 6.07) is 0. The Morgan fingerprint density at radius 1 is 1.90 bits per heavy atom. The molecule has 0 aliphatic carbocycles. The zero-order chi connectivity index (χ0) is 7.56. The fourth-order valence-electron chi connectivity index (χ4n) is 0.545. The summed E-state index contributed by atoms with van der Waals surface area (Å²) in [6.45, 7) is 0.0606. The van der Waals surface area contributed by atoms with Gasteiger partial charge in [0.15, 0.2) is 0 Å². The van der Waals surface area contributed by atoms with E-state index in [-0.39, 0.29) is 12.2 Å². The molecule has 0 aromatic heterocycles. The minimum atomic E-state index is -1.11. The van der Waals surface area contributed by atoms with Gasteiger partial charge >= 0.3 is 5.97 Å². The fourth-order valence-corrected chi connectivity index (χ4v) is 0.545. The van der Waals surface area contributed by atoms with Gasteiger partial charge in [-0.2, -0.15) is 0 Å². The van der Waals surface area contributed by atoms with Gasteiger partial charge in [0.2, 0.25) is 0 Å². The molecule has 0 amide bonds. The molecule has 0 atom stereocenters. The zero-order valence-electron chi connectivity index (χ0n) is 5.02. The van der Waals surface area contributed by atoms with E-state index in [0.29, 0.717) is 5.06 Å². The Morgan fingerprint density at radius 2 is 2.60 bits per heavy atom. The Balaban J connectivity index is 2.67. The van der Waals surface area contributed by atoms with E-state index in [1.165, 1.54) is 6.08 Å². The van der Waals surface area contributed by atoms with E-state index >= 15 is 0 Å². The van der Waals surface area contributed by atoms with E-state index in [2.05, 4.69) is 4.99 Å². The van der Waals surface area contributed by atoms with Gasteiger partial charge in [-0.05, 0) is 6.08 Å². The van der Waals surface area contributed by atoms with Gasteiger partial charge < -0.3 is 15.4 Å². The molecule has 0 aromatic carbocycles. The van der Waals surface area contributed by atoms with Crippen LogP contribution in [0.5, 0.6) is 0 Å². The number of carbonyl (C=O) groups is 1. The summed E-state index contributed by atoms with van der Waals surface area (Å²) in [5.74, 6) is -1.11. The van der Waals surface area contributed by atoms with Crippen molar-refractivity contribution in [3.8, 4) is 0 Å². The van der Waals surface area contributed by atoms with Gasteiger partial charge in [-0.25, -0.2) is 9.79 Å². The van der Waals surface area contributed by atoms with E-state index in [4.69, 9.17) is 5.11 Å². The van der Waals surface area contributed by atoms with Gasteiger partial charge in [-0.3, -0.25) is 0 Å². The van der Waals surface area contributed by atoms with Gasteiger partial charge in [-0.1, -0.05) is 0 Å². The van der Waals surface area contributed by atoms with Crippen LogP contribution in [0.15, 0.2) is 16.8 Å². The lowest BCUT2D eigenvalue weighted by atomic mass is 10.4. The molecule has 0 saturated heterocycles. The van der Waals surface area contributed by atoms with Crippen molar-refractivity contribution in [3.63, 3.8) is 0 Å². The lowest BCUT2D eigenvalue weighted by Crippen LogP contribution is -2.19. The number of aliphatic imine (C=N–C) groups is 1. The third-order valence-corrected chi connectivity index (χ3v) is 1.01. The lowest BCUT2D eigenvalue weighted by Gasteiger charge is -2.25. The molecule has 1 aliphatic rings. The predicted octanol–water partition coefficient (Wildman–Crippen LogP) is -0.203. The molecule has 0 aromatic rings. The maximum absolute atomic E-state index is 10.4. The highest BCUT2D eigenvalue weighted by molar-refractivity contribution is 5.88. The van der Waals surface area contributed by atoms with Crippen molar-refractivity contribution in [1.29, 1.82) is 0 Å². The average molecular weight is 141 g/mol. The summed E-state index contributed by atoms with van der Waals surface area (Å²) in [7, 11) is 0.